The number of carbonyl (C=O) groups excluding carboxylic acids is 3. The van der Waals surface area contributed by atoms with E-state index in [1.165, 1.54) is 21.1 Å². The molecule has 0 unspecified atom stereocenters. The Labute approximate surface area is 285 Å². The van der Waals surface area contributed by atoms with Crippen molar-refractivity contribution in [3.05, 3.63) is 70.9 Å². The summed E-state index contributed by atoms with van der Waals surface area (Å²) in [7, 11) is 6.11. The van der Waals surface area contributed by atoms with Gasteiger partial charge in [0.05, 0.1) is 27.4 Å². The van der Waals surface area contributed by atoms with Gasteiger partial charge in [-0.25, -0.2) is 4.79 Å². The molecule has 8 rings (SSSR count). The minimum absolute atomic E-state index is 0.250. The van der Waals surface area contributed by atoms with Crippen molar-refractivity contribution in [2.45, 2.75) is 74.1 Å². The predicted octanol–water partition coefficient (Wildman–Crippen LogP) is 3.53. The van der Waals surface area contributed by atoms with Crippen LogP contribution in [0, 0.1) is 5.41 Å². The molecule has 5 aliphatic rings. The normalized spacial score (nSPS) is 33.9. The molecule has 2 N–H and O–H groups in total. The summed E-state index contributed by atoms with van der Waals surface area (Å²) in [5.41, 5.74) is -0.0382. The summed E-state index contributed by atoms with van der Waals surface area (Å²) in [5.74, 6) is -1.34. The average Bonchev–Trinajstić information content (AvgIpc) is 3.85. The number of aliphatic hydroxyl groups is 1. The molecule has 1 aromatic heterocycles. The van der Waals surface area contributed by atoms with E-state index in [9.17, 15) is 19.5 Å². The Hall–Kier alpha value is -4.35. The number of aromatic amines is 1. The number of carbonyl (C=O) groups is 3. The minimum atomic E-state index is -2.25. The summed E-state index contributed by atoms with van der Waals surface area (Å²) in [6.45, 7) is 4.69. The number of aryl methyl sites for hydroxylation is 1. The molecule has 11 nitrogen and oxygen atoms in total. The number of hydrogen-bond acceptors (Lipinski definition) is 10. The van der Waals surface area contributed by atoms with E-state index in [1.807, 2.05) is 49.2 Å². The third-order valence-electron chi connectivity index (χ3n) is 12.7. The Morgan fingerprint density at radius 1 is 1.02 bits per heavy atom. The number of esters is 3. The van der Waals surface area contributed by atoms with Crippen LogP contribution in [-0.2, 0) is 45.8 Å². The van der Waals surface area contributed by atoms with Gasteiger partial charge in [-0.05, 0) is 55.5 Å². The summed E-state index contributed by atoms with van der Waals surface area (Å²) in [6, 6.07) is 10.9. The van der Waals surface area contributed by atoms with Gasteiger partial charge in [0.15, 0.2) is 6.10 Å². The van der Waals surface area contributed by atoms with Gasteiger partial charge in [-0.1, -0.05) is 37.3 Å². The van der Waals surface area contributed by atoms with E-state index >= 15 is 0 Å². The lowest BCUT2D eigenvalue weighted by atomic mass is 9.47. The summed E-state index contributed by atoms with van der Waals surface area (Å²) in [4.78, 5) is 49.1. The monoisotopic (exact) mass is 669 g/mol. The number of methoxy groups -OCH3 is 3. The highest BCUT2D eigenvalue weighted by Gasteiger charge is 2.80. The van der Waals surface area contributed by atoms with Crippen molar-refractivity contribution in [3.63, 3.8) is 0 Å². The largest absolute Gasteiger partial charge is 0.496 e. The van der Waals surface area contributed by atoms with Crippen LogP contribution in [0.5, 0.6) is 5.75 Å². The van der Waals surface area contributed by atoms with Crippen LogP contribution in [-0.4, -0.2) is 98.2 Å². The number of nitrogens with one attached hydrogen (secondary N) is 1. The van der Waals surface area contributed by atoms with Gasteiger partial charge < -0.3 is 33.9 Å². The number of H-pyrrole nitrogens is 1. The van der Waals surface area contributed by atoms with Crippen molar-refractivity contribution in [2.75, 3.05) is 46.4 Å². The van der Waals surface area contributed by atoms with E-state index in [2.05, 4.69) is 28.1 Å². The average molecular weight is 670 g/mol. The van der Waals surface area contributed by atoms with Crippen molar-refractivity contribution >= 4 is 34.5 Å². The molecule has 1 saturated heterocycles. The molecule has 2 fully saturated rings. The van der Waals surface area contributed by atoms with Crippen LogP contribution in [0.4, 0.5) is 5.69 Å². The summed E-state index contributed by atoms with van der Waals surface area (Å²) in [5, 5.41) is 14.1. The molecule has 2 aromatic carbocycles. The van der Waals surface area contributed by atoms with Gasteiger partial charge in [0.1, 0.15) is 11.2 Å². The Morgan fingerprint density at radius 2 is 1.78 bits per heavy atom. The molecule has 3 aliphatic heterocycles. The first-order valence-corrected chi connectivity index (χ1v) is 17.0. The van der Waals surface area contributed by atoms with Gasteiger partial charge >= 0.3 is 17.9 Å². The summed E-state index contributed by atoms with van der Waals surface area (Å²) in [6.07, 6.45) is 5.12. The molecule has 0 radical (unpaired) electrons. The lowest BCUT2D eigenvalue weighted by Gasteiger charge is -2.63. The van der Waals surface area contributed by atoms with Crippen LogP contribution in [0.1, 0.15) is 55.5 Å². The molecule has 7 atom stereocenters. The van der Waals surface area contributed by atoms with Crippen molar-refractivity contribution in [1.29, 1.82) is 0 Å². The second-order valence-electron chi connectivity index (χ2n) is 14.4. The minimum Gasteiger partial charge on any atom is -0.496 e. The second-order valence-corrected chi connectivity index (χ2v) is 14.4. The Morgan fingerprint density at radius 3 is 2.47 bits per heavy atom. The van der Waals surface area contributed by atoms with Gasteiger partial charge in [-0.2, -0.15) is 0 Å². The van der Waals surface area contributed by atoms with Crippen molar-refractivity contribution in [1.82, 2.24) is 9.88 Å². The molecule has 11 heteroatoms. The van der Waals surface area contributed by atoms with Crippen LogP contribution < -0.4 is 9.64 Å². The Bertz CT molecular complexity index is 1950. The molecule has 4 heterocycles. The zero-order chi connectivity index (χ0) is 34.7. The first-order valence-electron chi connectivity index (χ1n) is 17.0. The van der Waals surface area contributed by atoms with Gasteiger partial charge in [0, 0.05) is 71.3 Å². The molecule has 2 aliphatic carbocycles. The van der Waals surface area contributed by atoms with Gasteiger partial charge in [0.25, 0.3) is 0 Å². The van der Waals surface area contributed by atoms with E-state index in [-0.39, 0.29) is 6.04 Å². The van der Waals surface area contributed by atoms with Gasteiger partial charge in [-0.15, -0.1) is 0 Å². The quantitative estimate of drug-likeness (QED) is 0.229. The van der Waals surface area contributed by atoms with Crippen molar-refractivity contribution in [2.24, 2.45) is 5.41 Å². The molecule has 49 heavy (non-hydrogen) atoms. The van der Waals surface area contributed by atoms with Crippen molar-refractivity contribution in [3.8, 4) is 5.75 Å². The number of benzene rings is 2. The number of nitrogens with zero attached hydrogens (tertiary/aromatic N) is 2. The maximum atomic E-state index is 14.3. The lowest BCUT2D eigenvalue weighted by Crippen LogP contribution is -2.81. The molecule has 3 aromatic rings. The van der Waals surface area contributed by atoms with Crippen LogP contribution >= 0.6 is 0 Å². The van der Waals surface area contributed by atoms with E-state index in [1.54, 1.807) is 7.11 Å². The second kappa shape index (κ2) is 10.6. The zero-order valence-corrected chi connectivity index (χ0v) is 28.8. The fourth-order valence-electron chi connectivity index (χ4n) is 11.1. The van der Waals surface area contributed by atoms with Crippen molar-refractivity contribution < 1.29 is 38.4 Å². The molecule has 0 bridgehead atoms. The predicted molar refractivity (Wildman–Crippen MR) is 181 cm³/mol. The third-order valence-corrected chi connectivity index (χ3v) is 12.7. The first-order chi connectivity index (χ1) is 23.5. The van der Waals surface area contributed by atoms with E-state index < -0.39 is 51.9 Å². The zero-order valence-electron chi connectivity index (χ0n) is 28.8. The number of para-hydroxylation sites is 1. The van der Waals surface area contributed by atoms with Crippen LogP contribution in [0.3, 0.4) is 0 Å². The van der Waals surface area contributed by atoms with Crippen LogP contribution in [0.15, 0.2) is 48.6 Å². The number of fused-ring (bicyclic) bond motifs is 4. The SMILES string of the molecule is CC[C@]12C=CCN3CC[C@@]4(c5cc([C@@]6(C(=O)OC)CCc7c6[nH]c6ccccc76)c(OC)cc5N(C)[C@H]4[C@@](O)(C(=O)OC)[C@@H]1OC(C)=O)[C@@H]32. The highest BCUT2D eigenvalue weighted by molar-refractivity contribution is 5.96. The first kappa shape index (κ1) is 31.9. The number of anilines is 1. The maximum absolute atomic E-state index is 14.3. The Kier molecular flexibility index (Phi) is 6.88. The number of ether oxygens (including phenoxy) is 4. The fourth-order valence-corrected chi connectivity index (χ4v) is 11.1. The van der Waals surface area contributed by atoms with Gasteiger partial charge in [0.2, 0.25) is 5.60 Å². The standard InChI is InChI=1S/C38H43N3O8/c1-7-35-14-10-17-41-18-16-37(30(35)41)24-19-25(36(33(43)47-5)15-13-23-22-11-8-9-12-26(22)39-29(23)36)28(46-4)20-27(24)40(3)31(37)38(45,34(44)48-6)32(35)49-21(2)42/h8-12,14,19-20,30-32,39,45H,7,13,15-18H2,1-6H3/t30-,31+,32+,35+,36-,37+,38-/m0/s1. The Balaban J connectivity index is 1.44. The highest BCUT2D eigenvalue weighted by Crippen LogP contribution is 2.68. The number of likely N-dealkylation sites (N-methyl/N-ethyl adjacent to an activating group) is 1. The molecular weight excluding hydrogens is 626 g/mol. The molecular formula is C38H43N3O8. The number of rotatable bonds is 6. The molecule has 0 amide bonds. The van der Waals surface area contributed by atoms with Crippen LogP contribution in [0.25, 0.3) is 10.9 Å². The summed E-state index contributed by atoms with van der Waals surface area (Å²) < 4.78 is 23.2. The fraction of sp³-hybridized carbons (Fsp3) is 0.500. The number of aromatic nitrogens is 1. The topological polar surface area (TPSA) is 131 Å². The van der Waals surface area contributed by atoms with Gasteiger partial charge in [-0.3, -0.25) is 14.5 Å². The molecule has 1 saturated carbocycles. The smallest absolute Gasteiger partial charge is 0.344 e. The van der Waals surface area contributed by atoms with E-state index in [0.29, 0.717) is 50.1 Å². The van der Waals surface area contributed by atoms with E-state index in [4.69, 9.17) is 18.9 Å². The highest BCUT2D eigenvalue weighted by atomic mass is 16.6. The van der Waals surface area contributed by atoms with E-state index in [0.717, 1.165) is 33.4 Å². The maximum Gasteiger partial charge on any atom is 0.344 e. The summed E-state index contributed by atoms with van der Waals surface area (Å²) >= 11 is 0. The molecule has 258 valence electrons. The van der Waals surface area contributed by atoms with Crippen LogP contribution in [0.2, 0.25) is 0 Å². The molecule has 1 spiro atoms. The third kappa shape index (κ3) is 3.62. The lowest BCUT2D eigenvalue weighted by molar-refractivity contribution is -0.228. The number of hydrogen-bond donors (Lipinski definition) is 2.